The summed E-state index contributed by atoms with van der Waals surface area (Å²) in [6.07, 6.45) is 8.13. The second-order valence-corrected chi connectivity index (χ2v) is 2.92. The highest BCUT2D eigenvalue weighted by Crippen LogP contribution is 1.97. The van der Waals surface area contributed by atoms with E-state index in [1.54, 1.807) is 0 Å². The van der Waals surface area contributed by atoms with Crippen LogP contribution in [0.15, 0.2) is 12.2 Å². The Bertz CT molecular complexity index is 97.0. The topological polar surface area (TPSA) is 12.0 Å². The van der Waals surface area contributed by atoms with Crippen molar-refractivity contribution in [1.82, 2.24) is 5.32 Å². The van der Waals surface area contributed by atoms with E-state index in [0.717, 1.165) is 13.0 Å². The van der Waals surface area contributed by atoms with Crippen LogP contribution in [-0.4, -0.2) is 12.6 Å². The predicted molar refractivity (Wildman–Crippen MR) is 51.8 cm³/mol. The van der Waals surface area contributed by atoms with Gasteiger partial charge in [0.05, 0.1) is 0 Å². The maximum Gasteiger partial charge on any atom is 0.00415 e. The van der Waals surface area contributed by atoms with E-state index >= 15 is 0 Å². The summed E-state index contributed by atoms with van der Waals surface area (Å²) in [6.45, 7) is 7.64. The van der Waals surface area contributed by atoms with Crippen LogP contribution in [0.1, 0.15) is 40.0 Å². The van der Waals surface area contributed by atoms with Crippen molar-refractivity contribution in [2.75, 3.05) is 6.54 Å². The number of nitrogens with one attached hydrogen (secondary N) is 1. The van der Waals surface area contributed by atoms with Gasteiger partial charge in [-0.05, 0) is 32.7 Å². The average molecular weight is 155 g/mol. The van der Waals surface area contributed by atoms with E-state index in [2.05, 4.69) is 38.2 Å². The van der Waals surface area contributed by atoms with Crippen molar-refractivity contribution < 1.29 is 0 Å². The van der Waals surface area contributed by atoms with E-state index < -0.39 is 0 Å². The monoisotopic (exact) mass is 155 g/mol. The van der Waals surface area contributed by atoms with Gasteiger partial charge in [0, 0.05) is 6.04 Å². The van der Waals surface area contributed by atoms with E-state index in [-0.39, 0.29) is 0 Å². The molecule has 0 aliphatic rings. The first kappa shape index (κ1) is 10.7. The molecule has 1 nitrogen and oxygen atoms in total. The third-order valence-electron chi connectivity index (χ3n) is 1.72. The van der Waals surface area contributed by atoms with Crippen LogP contribution in [0.4, 0.5) is 0 Å². The lowest BCUT2D eigenvalue weighted by Gasteiger charge is -2.09. The van der Waals surface area contributed by atoms with Crippen LogP contribution in [0.3, 0.4) is 0 Å². The second-order valence-electron chi connectivity index (χ2n) is 2.92. The van der Waals surface area contributed by atoms with Crippen LogP contribution < -0.4 is 5.32 Å². The van der Waals surface area contributed by atoms with Crippen molar-refractivity contribution in [2.24, 2.45) is 0 Å². The lowest BCUT2D eigenvalue weighted by molar-refractivity contribution is 0.535. The minimum absolute atomic E-state index is 0.668. The molecule has 0 saturated carbocycles. The zero-order chi connectivity index (χ0) is 8.53. The fraction of sp³-hybridized carbons (Fsp3) is 0.800. The SMILES string of the molecule is CC/C=C\CC[C@@H](C)NCC. The Labute approximate surface area is 70.9 Å². The molecule has 66 valence electrons. The molecule has 0 rings (SSSR count). The molecule has 0 aromatic carbocycles. The van der Waals surface area contributed by atoms with E-state index in [4.69, 9.17) is 0 Å². The lowest BCUT2D eigenvalue weighted by Crippen LogP contribution is -2.24. The molecule has 0 aliphatic heterocycles. The van der Waals surface area contributed by atoms with Crippen LogP contribution in [0.5, 0.6) is 0 Å². The molecule has 0 saturated heterocycles. The number of rotatable bonds is 6. The Morgan fingerprint density at radius 2 is 2.00 bits per heavy atom. The van der Waals surface area contributed by atoms with E-state index in [0.29, 0.717) is 6.04 Å². The highest BCUT2D eigenvalue weighted by atomic mass is 14.9. The van der Waals surface area contributed by atoms with Crippen molar-refractivity contribution in [3.8, 4) is 0 Å². The second kappa shape index (κ2) is 7.80. The molecule has 0 spiro atoms. The molecule has 0 heterocycles. The zero-order valence-corrected chi connectivity index (χ0v) is 8.06. The normalized spacial score (nSPS) is 14.1. The number of hydrogen-bond acceptors (Lipinski definition) is 1. The average Bonchev–Trinajstić information content (AvgIpc) is 1.99. The van der Waals surface area contributed by atoms with E-state index in [1.165, 1.54) is 12.8 Å². The van der Waals surface area contributed by atoms with Crippen molar-refractivity contribution >= 4 is 0 Å². The Morgan fingerprint density at radius 3 is 2.55 bits per heavy atom. The van der Waals surface area contributed by atoms with Gasteiger partial charge in [0.15, 0.2) is 0 Å². The van der Waals surface area contributed by atoms with Gasteiger partial charge in [0.25, 0.3) is 0 Å². The number of allylic oxidation sites excluding steroid dienone is 2. The lowest BCUT2D eigenvalue weighted by atomic mass is 10.1. The summed E-state index contributed by atoms with van der Waals surface area (Å²) in [5.41, 5.74) is 0. The van der Waals surface area contributed by atoms with Crippen molar-refractivity contribution in [1.29, 1.82) is 0 Å². The first-order valence-electron chi connectivity index (χ1n) is 4.69. The van der Waals surface area contributed by atoms with E-state index in [1.807, 2.05) is 0 Å². The molecular formula is C10H21N. The molecule has 0 aliphatic carbocycles. The summed E-state index contributed by atoms with van der Waals surface area (Å²) in [7, 11) is 0. The fourth-order valence-electron chi connectivity index (χ4n) is 1.08. The minimum Gasteiger partial charge on any atom is -0.315 e. The van der Waals surface area contributed by atoms with Crippen molar-refractivity contribution in [2.45, 2.75) is 46.1 Å². The highest BCUT2D eigenvalue weighted by molar-refractivity contribution is 4.81. The summed E-state index contributed by atoms with van der Waals surface area (Å²) in [5, 5.41) is 3.39. The Morgan fingerprint density at radius 1 is 1.27 bits per heavy atom. The Balaban J connectivity index is 3.16. The van der Waals surface area contributed by atoms with Gasteiger partial charge in [-0.2, -0.15) is 0 Å². The van der Waals surface area contributed by atoms with Crippen LogP contribution in [0.2, 0.25) is 0 Å². The largest absolute Gasteiger partial charge is 0.315 e. The third-order valence-corrected chi connectivity index (χ3v) is 1.72. The quantitative estimate of drug-likeness (QED) is 0.582. The summed E-state index contributed by atoms with van der Waals surface area (Å²) >= 11 is 0. The summed E-state index contributed by atoms with van der Waals surface area (Å²) in [6, 6.07) is 0.668. The van der Waals surface area contributed by atoms with Gasteiger partial charge in [-0.1, -0.05) is 26.0 Å². The van der Waals surface area contributed by atoms with Crippen molar-refractivity contribution in [3.63, 3.8) is 0 Å². The van der Waals surface area contributed by atoms with Gasteiger partial charge in [-0.3, -0.25) is 0 Å². The van der Waals surface area contributed by atoms with Crippen LogP contribution in [0.25, 0.3) is 0 Å². The van der Waals surface area contributed by atoms with Gasteiger partial charge >= 0.3 is 0 Å². The molecule has 1 N–H and O–H groups in total. The molecule has 0 unspecified atom stereocenters. The van der Waals surface area contributed by atoms with Crippen LogP contribution in [-0.2, 0) is 0 Å². The predicted octanol–water partition coefficient (Wildman–Crippen LogP) is 2.73. The highest BCUT2D eigenvalue weighted by Gasteiger charge is 1.95. The molecule has 0 aromatic rings. The molecule has 0 amide bonds. The van der Waals surface area contributed by atoms with E-state index in [9.17, 15) is 0 Å². The summed E-state index contributed by atoms with van der Waals surface area (Å²) in [4.78, 5) is 0. The first-order valence-corrected chi connectivity index (χ1v) is 4.69. The van der Waals surface area contributed by atoms with Crippen LogP contribution >= 0.6 is 0 Å². The molecule has 0 radical (unpaired) electrons. The molecule has 1 atom stereocenters. The summed E-state index contributed by atoms with van der Waals surface area (Å²) in [5.74, 6) is 0. The zero-order valence-electron chi connectivity index (χ0n) is 8.06. The number of hydrogen-bond donors (Lipinski definition) is 1. The standard InChI is InChI=1S/C10H21N/c1-4-6-7-8-9-10(3)11-5-2/h6-7,10-11H,4-5,8-9H2,1-3H3/b7-6-/t10-/m1/s1. The first-order chi connectivity index (χ1) is 5.31. The maximum atomic E-state index is 3.39. The molecule has 1 heteroatoms. The molecule has 11 heavy (non-hydrogen) atoms. The molecule has 0 fully saturated rings. The smallest absolute Gasteiger partial charge is 0.00415 e. The van der Waals surface area contributed by atoms with Crippen LogP contribution in [0, 0.1) is 0 Å². The van der Waals surface area contributed by atoms with Gasteiger partial charge in [0.2, 0.25) is 0 Å². The third kappa shape index (κ3) is 7.60. The van der Waals surface area contributed by atoms with Gasteiger partial charge < -0.3 is 5.32 Å². The maximum absolute atomic E-state index is 3.39. The molecule has 0 aromatic heterocycles. The molecule has 0 bridgehead atoms. The van der Waals surface area contributed by atoms with Crippen molar-refractivity contribution in [3.05, 3.63) is 12.2 Å². The minimum atomic E-state index is 0.668. The fourth-order valence-corrected chi connectivity index (χ4v) is 1.08. The van der Waals surface area contributed by atoms with Gasteiger partial charge in [-0.15, -0.1) is 0 Å². The Kier molecular flexibility index (Phi) is 7.59. The van der Waals surface area contributed by atoms with Gasteiger partial charge in [0.1, 0.15) is 0 Å². The van der Waals surface area contributed by atoms with Gasteiger partial charge in [-0.25, -0.2) is 0 Å². The Hall–Kier alpha value is -0.300. The molecular weight excluding hydrogens is 134 g/mol. The summed E-state index contributed by atoms with van der Waals surface area (Å²) < 4.78 is 0.